The highest BCUT2D eigenvalue weighted by molar-refractivity contribution is 7.99. The van der Waals surface area contributed by atoms with Gasteiger partial charge in [0.1, 0.15) is 11.9 Å². The highest BCUT2D eigenvalue weighted by Gasteiger charge is 2.16. The second-order valence-electron chi connectivity index (χ2n) is 4.26. The Kier molecular flexibility index (Phi) is 4.13. The normalized spacial score (nSPS) is 22.0. The van der Waals surface area contributed by atoms with Crippen molar-refractivity contribution in [2.45, 2.75) is 25.4 Å². The molecule has 88 valence electrons. The lowest BCUT2D eigenvalue weighted by Crippen LogP contribution is -2.14. The molecule has 2 unspecified atom stereocenters. The molecule has 0 spiro atoms. The topological polar surface area (TPSA) is 29.5 Å². The van der Waals surface area contributed by atoms with E-state index < -0.39 is 0 Å². The van der Waals surface area contributed by atoms with Crippen molar-refractivity contribution in [1.82, 2.24) is 0 Å². The van der Waals surface area contributed by atoms with Crippen molar-refractivity contribution >= 4 is 11.8 Å². The summed E-state index contributed by atoms with van der Waals surface area (Å²) in [6.07, 6.45) is 1.53. The summed E-state index contributed by atoms with van der Waals surface area (Å²) in [4.78, 5) is 0. The van der Waals surface area contributed by atoms with Gasteiger partial charge in [-0.3, -0.25) is 0 Å². The van der Waals surface area contributed by atoms with Crippen molar-refractivity contribution in [1.29, 1.82) is 0 Å². The third kappa shape index (κ3) is 2.92. The molecule has 0 amide bonds. The summed E-state index contributed by atoms with van der Waals surface area (Å²) in [5, 5.41) is 9.05. The third-order valence-corrected chi connectivity index (χ3v) is 4.05. The standard InChI is InChI=1S/C13H18O2S/c1-10(8-14)11-2-4-12(5-3-11)15-13-6-7-16-9-13/h2-5,10,13-14H,6-9H2,1H3. The molecule has 1 N–H and O–H groups in total. The van der Waals surface area contributed by atoms with E-state index in [1.54, 1.807) is 0 Å². The molecule has 1 aromatic rings. The monoisotopic (exact) mass is 238 g/mol. The van der Waals surface area contributed by atoms with Crippen LogP contribution in [0.1, 0.15) is 24.8 Å². The minimum absolute atomic E-state index is 0.194. The molecule has 2 atom stereocenters. The van der Waals surface area contributed by atoms with Crippen LogP contribution in [0, 0.1) is 0 Å². The molecule has 0 saturated carbocycles. The van der Waals surface area contributed by atoms with E-state index in [9.17, 15) is 0 Å². The van der Waals surface area contributed by atoms with Gasteiger partial charge in [0, 0.05) is 18.3 Å². The predicted molar refractivity (Wildman–Crippen MR) is 68.3 cm³/mol. The summed E-state index contributed by atoms with van der Waals surface area (Å²) >= 11 is 1.96. The number of hydrogen-bond acceptors (Lipinski definition) is 3. The average Bonchev–Trinajstić information content (AvgIpc) is 2.82. The van der Waals surface area contributed by atoms with Crippen molar-refractivity contribution in [3.05, 3.63) is 29.8 Å². The van der Waals surface area contributed by atoms with Gasteiger partial charge in [-0.1, -0.05) is 19.1 Å². The van der Waals surface area contributed by atoms with Gasteiger partial charge in [0.15, 0.2) is 0 Å². The number of aliphatic hydroxyl groups excluding tert-OH is 1. The van der Waals surface area contributed by atoms with Gasteiger partial charge in [0.2, 0.25) is 0 Å². The van der Waals surface area contributed by atoms with Crippen LogP contribution in [-0.4, -0.2) is 29.3 Å². The van der Waals surface area contributed by atoms with E-state index in [1.165, 1.54) is 5.75 Å². The van der Waals surface area contributed by atoms with Crippen molar-refractivity contribution < 1.29 is 9.84 Å². The lowest BCUT2D eigenvalue weighted by molar-refractivity contribution is 0.229. The summed E-state index contributed by atoms with van der Waals surface area (Å²) in [5.41, 5.74) is 1.16. The number of hydrogen-bond donors (Lipinski definition) is 1. The Morgan fingerprint density at radius 3 is 2.75 bits per heavy atom. The van der Waals surface area contributed by atoms with Gasteiger partial charge in [-0.15, -0.1) is 0 Å². The summed E-state index contributed by atoms with van der Waals surface area (Å²) in [6, 6.07) is 8.09. The van der Waals surface area contributed by atoms with E-state index in [0.717, 1.165) is 23.5 Å². The first-order chi connectivity index (χ1) is 7.79. The zero-order valence-corrected chi connectivity index (χ0v) is 10.4. The van der Waals surface area contributed by atoms with Gasteiger partial charge >= 0.3 is 0 Å². The van der Waals surface area contributed by atoms with Crippen LogP contribution in [0.25, 0.3) is 0 Å². The van der Waals surface area contributed by atoms with E-state index in [0.29, 0.717) is 6.10 Å². The summed E-state index contributed by atoms with van der Waals surface area (Å²) in [7, 11) is 0. The first kappa shape index (κ1) is 11.8. The molecule has 3 heteroatoms. The molecule has 2 rings (SSSR count). The van der Waals surface area contributed by atoms with Crippen LogP contribution < -0.4 is 4.74 Å². The third-order valence-electron chi connectivity index (χ3n) is 2.91. The summed E-state index contributed by atoms with van der Waals surface area (Å²) < 4.78 is 5.86. The van der Waals surface area contributed by atoms with Crippen LogP contribution in [0.15, 0.2) is 24.3 Å². The number of rotatable bonds is 4. The fraction of sp³-hybridized carbons (Fsp3) is 0.538. The Balaban J connectivity index is 1.96. The average molecular weight is 238 g/mol. The minimum atomic E-state index is 0.194. The van der Waals surface area contributed by atoms with Crippen LogP contribution in [0.2, 0.25) is 0 Å². The van der Waals surface area contributed by atoms with Gasteiger partial charge in [-0.2, -0.15) is 11.8 Å². The Morgan fingerprint density at radius 2 is 2.19 bits per heavy atom. The van der Waals surface area contributed by atoms with E-state index in [2.05, 4.69) is 0 Å². The first-order valence-electron chi connectivity index (χ1n) is 5.75. The number of thioether (sulfide) groups is 1. The maximum atomic E-state index is 9.05. The van der Waals surface area contributed by atoms with Crippen molar-refractivity contribution in [3.63, 3.8) is 0 Å². The van der Waals surface area contributed by atoms with Crippen LogP contribution in [0.4, 0.5) is 0 Å². The SMILES string of the molecule is CC(CO)c1ccc(OC2CCSC2)cc1. The number of benzene rings is 1. The number of ether oxygens (including phenoxy) is 1. The second-order valence-corrected chi connectivity index (χ2v) is 5.41. The van der Waals surface area contributed by atoms with Gasteiger partial charge < -0.3 is 9.84 Å². The second kappa shape index (κ2) is 5.60. The van der Waals surface area contributed by atoms with E-state index in [4.69, 9.17) is 9.84 Å². The molecule has 1 fully saturated rings. The maximum Gasteiger partial charge on any atom is 0.119 e. The molecule has 0 aliphatic carbocycles. The van der Waals surface area contributed by atoms with Gasteiger partial charge in [-0.05, 0) is 29.9 Å². The Hall–Kier alpha value is -0.670. The molecule has 0 bridgehead atoms. The lowest BCUT2D eigenvalue weighted by atomic mass is 10.0. The van der Waals surface area contributed by atoms with Crippen LogP contribution >= 0.6 is 11.8 Å². The van der Waals surface area contributed by atoms with Crippen molar-refractivity contribution in [3.8, 4) is 5.75 Å². The highest BCUT2D eigenvalue weighted by atomic mass is 32.2. The minimum Gasteiger partial charge on any atom is -0.490 e. The summed E-state index contributed by atoms with van der Waals surface area (Å²) in [5.74, 6) is 3.47. The zero-order valence-electron chi connectivity index (χ0n) is 9.56. The Bertz CT molecular complexity index is 317. The molecular weight excluding hydrogens is 220 g/mol. The van der Waals surface area contributed by atoms with Crippen LogP contribution in [0.3, 0.4) is 0 Å². The van der Waals surface area contributed by atoms with Gasteiger partial charge in [0.05, 0.1) is 0 Å². The molecular formula is C13H18O2S. The molecule has 16 heavy (non-hydrogen) atoms. The van der Waals surface area contributed by atoms with E-state index in [-0.39, 0.29) is 12.5 Å². The molecule has 0 radical (unpaired) electrons. The molecule has 2 nitrogen and oxygen atoms in total. The van der Waals surface area contributed by atoms with Gasteiger partial charge in [0.25, 0.3) is 0 Å². The highest BCUT2D eigenvalue weighted by Crippen LogP contribution is 2.24. The zero-order chi connectivity index (χ0) is 11.4. The first-order valence-corrected chi connectivity index (χ1v) is 6.90. The van der Waals surface area contributed by atoms with Crippen molar-refractivity contribution in [2.75, 3.05) is 18.1 Å². The van der Waals surface area contributed by atoms with E-state index >= 15 is 0 Å². The Labute approximate surface area is 101 Å². The molecule has 1 heterocycles. The molecule has 1 aromatic carbocycles. The fourth-order valence-electron chi connectivity index (χ4n) is 1.78. The van der Waals surface area contributed by atoms with Crippen LogP contribution in [0.5, 0.6) is 5.75 Å². The van der Waals surface area contributed by atoms with Crippen LogP contribution in [-0.2, 0) is 0 Å². The lowest BCUT2D eigenvalue weighted by Gasteiger charge is -2.14. The molecule has 0 aromatic heterocycles. The molecule has 1 aliphatic rings. The Morgan fingerprint density at radius 1 is 1.44 bits per heavy atom. The smallest absolute Gasteiger partial charge is 0.119 e. The largest absolute Gasteiger partial charge is 0.490 e. The maximum absolute atomic E-state index is 9.05. The summed E-state index contributed by atoms with van der Waals surface area (Å²) in [6.45, 7) is 2.21. The number of aliphatic hydroxyl groups is 1. The molecule has 1 saturated heterocycles. The van der Waals surface area contributed by atoms with Crippen molar-refractivity contribution in [2.24, 2.45) is 0 Å². The van der Waals surface area contributed by atoms with E-state index in [1.807, 2.05) is 43.0 Å². The molecule has 1 aliphatic heterocycles. The van der Waals surface area contributed by atoms with Gasteiger partial charge in [-0.25, -0.2) is 0 Å². The predicted octanol–water partition coefficient (Wildman–Crippen LogP) is 2.67. The fourth-order valence-corrected chi connectivity index (χ4v) is 2.87. The quantitative estimate of drug-likeness (QED) is 0.874.